The summed E-state index contributed by atoms with van der Waals surface area (Å²) in [6.45, 7) is 3.64. The van der Waals surface area contributed by atoms with E-state index in [2.05, 4.69) is 34.8 Å². The highest BCUT2D eigenvalue weighted by molar-refractivity contribution is 6.00. The number of nitrogens with zero attached hydrogens (tertiary/aromatic N) is 4. The van der Waals surface area contributed by atoms with E-state index in [0.29, 0.717) is 23.7 Å². The molecule has 4 aliphatic rings. The van der Waals surface area contributed by atoms with Gasteiger partial charge >= 0.3 is 17.9 Å². The molecule has 4 saturated heterocycles. The van der Waals surface area contributed by atoms with Crippen LogP contribution in [0, 0.1) is 5.92 Å². The van der Waals surface area contributed by atoms with E-state index in [1.54, 1.807) is 0 Å². The smallest absolute Gasteiger partial charge is 0.335 e. The minimum Gasteiger partial charge on any atom is -0.479 e. The third-order valence-electron chi connectivity index (χ3n) is 15.0. The van der Waals surface area contributed by atoms with Gasteiger partial charge in [-0.05, 0) is 70.6 Å². The number of hydrogen-bond acceptors (Lipinski definition) is 18. The van der Waals surface area contributed by atoms with Gasteiger partial charge in [-0.2, -0.15) is 0 Å². The largest absolute Gasteiger partial charge is 0.479 e. The first-order valence-corrected chi connectivity index (χ1v) is 28.3. The molecule has 0 aromatic carbocycles. The van der Waals surface area contributed by atoms with Crippen LogP contribution in [-0.2, 0) is 57.5 Å². The molecule has 0 bridgehead atoms. The van der Waals surface area contributed by atoms with Gasteiger partial charge in [0.2, 0.25) is 47.3 Å². The van der Waals surface area contributed by atoms with Crippen LogP contribution in [0.1, 0.15) is 136 Å². The number of hydrogen-bond donors (Lipinski definition) is 14. The predicted molar refractivity (Wildman–Crippen MR) is 287 cm³/mol. The highest BCUT2D eigenvalue weighted by Crippen LogP contribution is 2.27. The average molecular weight is 1170 g/mol. The van der Waals surface area contributed by atoms with Gasteiger partial charge in [0.15, 0.2) is 24.2 Å². The van der Waals surface area contributed by atoms with E-state index in [9.17, 15) is 88.5 Å². The number of amides is 8. The summed E-state index contributed by atoms with van der Waals surface area (Å²) >= 11 is 0. The highest BCUT2D eigenvalue weighted by Gasteiger charge is 2.48. The van der Waals surface area contributed by atoms with E-state index in [0.717, 1.165) is 49.8 Å². The number of aliphatic imine (C=N–C) groups is 1. The van der Waals surface area contributed by atoms with E-state index in [1.165, 1.54) is 11.8 Å². The van der Waals surface area contributed by atoms with Gasteiger partial charge in [-0.15, -0.1) is 0 Å². The molecular formula is C52H85N11O19. The van der Waals surface area contributed by atoms with Crippen LogP contribution in [0.15, 0.2) is 4.99 Å². The lowest BCUT2D eigenvalue weighted by Gasteiger charge is -2.34. The number of unbranched alkanes of at least 4 members (excludes halogenated alkanes) is 7. The molecule has 4 heterocycles. The number of carbonyl (C=O) groups excluding carboxylic acids is 9. The molecule has 82 heavy (non-hydrogen) atoms. The van der Waals surface area contributed by atoms with Crippen molar-refractivity contribution in [2.75, 3.05) is 32.8 Å². The molecule has 4 aliphatic heterocycles. The number of rotatable bonds is 21. The van der Waals surface area contributed by atoms with Gasteiger partial charge in [0.25, 0.3) is 0 Å². The van der Waals surface area contributed by atoms with Crippen molar-refractivity contribution in [3.63, 3.8) is 0 Å². The fourth-order valence-electron chi connectivity index (χ4n) is 10.6. The summed E-state index contributed by atoms with van der Waals surface area (Å²) < 4.78 is 5.67. The molecule has 0 spiro atoms. The van der Waals surface area contributed by atoms with E-state index < -0.39 is 164 Å². The van der Waals surface area contributed by atoms with Crippen LogP contribution >= 0.6 is 0 Å². The number of esters is 1. The minimum absolute atomic E-state index is 0.00881. The first kappa shape index (κ1) is 67.7. The Hall–Kier alpha value is -6.76. The third-order valence-corrected chi connectivity index (χ3v) is 15.0. The molecule has 13 atom stereocenters. The first-order valence-electron chi connectivity index (χ1n) is 28.3. The zero-order valence-electron chi connectivity index (χ0n) is 46.8. The molecule has 0 radical (unpaired) electrons. The Morgan fingerprint density at radius 3 is 1.76 bits per heavy atom. The van der Waals surface area contributed by atoms with Gasteiger partial charge in [-0.1, -0.05) is 65.2 Å². The molecule has 4 fully saturated rings. The van der Waals surface area contributed by atoms with Crippen molar-refractivity contribution in [3.05, 3.63) is 0 Å². The van der Waals surface area contributed by atoms with Crippen molar-refractivity contribution in [2.45, 2.75) is 215 Å². The molecule has 30 nitrogen and oxygen atoms in total. The van der Waals surface area contributed by atoms with E-state index in [1.807, 2.05) is 10.6 Å². The van der Waals surface area contributed by atoms with Crippen molar-refractivity contribution >= 4 is 71.1 Å². The van der Waals surface area contributed by atoms with Crippen molar-refractivity contribution in [2.24, 2.45) is 22.4 Å². The number of guanidine groups is 1. The lowest BCUT2D eigenvalue weighted by molar-refractivity contribution is -0.165. The Morgan fingerprint density at radius 2 is 1.17 bits per heavy atom. The monoisotopic (exact) mass is 1170 g/mol. The Morgan fingerprint density at radius 1 is 0.610 bits per heavy atom. The Kier molecular flexibility index (Phi) is 27.1. The van der Waals surface area contributed by atoms with Crippen LogP contribution in [0.4, 0.5) is 0 Å². The number of carboxylic acid groups (broad SMARTS) is 2. The average Bonchev–Trinajstić information content (AvgIpc) is 4.40. The number of aliphatic hydroxyl groups is 5. The molecule has 4 rings (SSSR count). The summed E-state index contributed by atoms with van der Waals surface area (Å²) in [5, 5.41) is 84.9. The number of aliphatic hydroxyl groups excluding tert-OH is 5. The van der Waals surface area contributed by atoms with E-state index in [4.69, 9.17) is 16.2 Å². The van der Waals surface area contributed by atoms with Crippen LogP contribution in [0.25, 0.3) is 0 Å². The molecule has 0 saturated carbocycles. The molecule has 8 amide bonds. The zero-order chi connectivity index (χ0) is 61.0. The lowest BCUT2D eigenvalue weighted by Crippen LogP contribution is -2.64. The molecule has 5 unspecified atom stereocenters. The lowest BCUT2D eigenvalue weighted by atomic mass is 10.0. The van der Waals surface area contributed by atoms with E-state index in [-0.39, 0.29) is 77.0 Å². The van der Waals surface area contributed by atoms with Gasteiger partial charge < -0.3 is 93.2 Å². The zero-order valence-corrected chi connectivity index (χ0v) is 46.8. The van der Waals surface area contributed by atoms with Crippen LogP contribution in [0.3, 0.4) is 0 Å². The predicted octanol–water partition coefficient (Wildman–Crippen LogP) is -4.46. The van der Waals surface area contributed by atoms with Gasteiger partial charge in [-0.25, -0.2) is 14.4 Å². The summed E-state index contributed by atoms with van der Waals surface area (Å²) in [4.78, 5) is 159. The van der Waals surface area contributed by atoms with Crippen molar-refractivity contribution < 1.29 is 93.2 Å². The summed E-state index contributed by atoms with van der Waals surface area (Å²) in [5.74, 6) is -14.5. The molecule has 0 aromatic heterocycles. The van der Waals surface area contributed by atoms with Crippen molar-refractivity contribution in [1.29, 1.82) is 0 Å². The number of ether oxygens (including phenoxy) is 1. The highest BCUT2D eigenvalue weighted by atomic mass is 16.5. The maximum Gasteiger partial charge on any atom is 0.335 e. The second kappa shape index (κ2) is 32.8. The summed E-state index contributed by atoms with van der Waals surface area (Å²) in [6, 6.07) is -14.9. The summed E-state index contributed by atoms with van der Waals surface area (Å²) in [5.41, 5.74) is 10.9. The van der Waals surface area contributed by atoms with Gasteiger partial charge in [0.1, 0.15) is 48.4 Å². The molecule has 30 heteroatoms. The number of carbonyl (C=O) groups is 11. The number of nitrogens with two attached hydrogens (primary N) is 2. The van der Waals surface area contributed by atoms with Gasteiger partial charge in [0.05, 0.1) is 25.2 Å². The number of carboxylic acids is 2. The second-order valence-electron chi connectivity index (χ2n) is 21.9. The summed E-state index contributed by atoms with van der Waals surface area (Å²) in [7, 11) is 0. The topological polar surface area (TPSA) is 473 Å². The Labute approximate surface area is 474 Å². The summed E-state index contributed by atoms with van der Waals surface area (Å²) in [6.07, 6.45) is -3.13. The molecular weight excluding hydrogens is 1080 g/mol. The SMILES string of the molecule is CC(C)CCCCCCCCCCC1CC(=O)N[C@@H](C(C)O)C(=O)N2CCC[C@H]2C(=O)N2CCC[C@H]2C(=O)N[C@@H](CCCN=C(N)N)C(=O)N[C@@H](C(O)C(=O)O)C(=O)N[C@@H](CO)C(=O)N2CCC(O)[C@H]2C(=O)N[C@@H](C(O)C(=O)O)C(=O)O1. The van der Waals surface area contributed by atoms with Crippen LogP contribution in [0.5, 0.6) is 0 Å². The van der Waals surface area contributed by atoms with Gasteiger partial charge in [-0.3, -0.25) is 43.3 Å². The maximum atomic E-state index is 14.5. The van der Waals surface area contributed by atoms with Crippen LogP contribution in [-0.4, -0.2) is 233 Å². The first-order chi connectivity index (χ1) is 38.8. The van der Waals surface area contributed by atoms with Gasteiger partial charge in [0, 0.05) is 26.2 Å². The number of aliphatic carboxylic acids is 2. The quantitative estimate of drug-likeness (QED) is 0.0223. The standard InChI is InChI=1S/C52H85N11O19/c1-27(2)15-10-8-6-4-5-7-9-11-16-29-25-35(67)58-36(28(3)65)48(76)62-23-14-19-33(62)47(75)61-22-13-18-32(61)43(71)56-30(17-12-21-55-52(53)54)42(70)59-37(40(68)49(77)78)44(72)57-31(26-64)46(74)63-24-20-34(66)39(63)45(73)60-38(51(81)82-29)41(69)50(79)80/h27-34,36-41,64-66,68-69H,4-26H2,1-3H3,(H,56,71)(H,57,72)(H,58,67)(H,59,70)(H,60,73)(H,77,78)(H,79,80)(H4,53,54,55)/t28?,29?,30-,31-,32-,33-,34?,36-,37-,38-,39-,40?,41?/m0/s1. The van der Waals surface area contributed by atoms with E-state index >= 15 is 0 Å². The fraction of sp³-hybridized carbons (Fsp3) is 0.769. The Balaban J connectivity index is 1.76. The minimum atomic E-state index is -2.76. The molecule has 16 N–H and O–H groups in total. The third kappa shape index (κ3) is 19.4. The van der Waals surface area contributed by atoms with Crippen molar-refractivity contribution in [1.82, 2.24) is 41.3 Å². The number of cyclic esters (lactones) is 1. The molecule has 0 aliphatic carbocycles. The van der Waals surface area contributed by atoms with Crippen molar-refractivity contribution in [3.8, 4) is 0 Å². The molecule has 462 valence electrons. The number of fused-ring (bicyclic) bond motifs is 3. The number of nitrogens with one attached hydrogen (secondary N) is 5. The molecule has 0 aromatic rings. The maximum absolute atomic E-state index is 14.5. The fourth-order valence-corrected chi connectivity index (χ4v) is 10.6. The second-order valence-corrected chi connectivity index (χ2v) is 21.9. The van der Waals surface area contributed by atoms with Crippen LogP contribution < -0.4 is 38.1 Å². The van der Waals surface area contributed by atoms with Crippen LogP contribution in [0.2, 0.25) is 0 Å². The normalized spacial score (nSPS) is 28.0. The Bertz CT molecular complexity index is 2290.